The van der Waals surface area contributed by atoms with Crippen molar-refractivity contribution in [3.8, 4) is 11.1 Å². The van der Waals surface area contributed by atoms with Crippen molar-refractivity contribution in [3.63, 3.8) is 0 Å². The molecule has 9 nitrogen and oxygen atoms in total. The van der Waals surface area contributed by atoms with Gasteiger partial charge >= 0.3 is 0 Å². The number of nitrogens with one attached hydrogen (secondary N) is 1. The van der Waals surface area contributed by atoms with Crippen molar-refractivity contribution in [3.05, 3.63) is 88.5 Å². The van der Waals surface area contributed by atoms with Crippen LogP contribution < -0.4 is 5.43 Å². The molecule has 1 N–H and O–H groups in total. The van der Waals surface area contributed by atoms with Crippen LogP contribution in [0.2, 0.25) is 0 Å². The van der Waals surface area contributed by atoms with Gasteiger partial charge in [-0.15, -0.1) is 0 Å². The van der Waals surface area contributed by atoms with Crippen LogP contribution in [0, 0.1) is 10.1 Å². The third kappa shape index (κ3) is 5.25. The van der Waals surface area contributed by atoms with E-state index in [1.165, 1.54) is 22.7 Å². The summed E-state index contributed by atoms with van der Waals surface area (Å²) in [4.78, 5) is 10.8. The molecular weight excluding hydrogens is 444 g/mol. The van der Waals surface area contributed by atoms with Gasteiger partial charge in [0.2, 0.25) is 10.0 Å². The van der Waals surface area contributed by atoms with Crippen LogP contribution in [0.25, 0.3) is 11.1 Å². The van der Waals surface area contributed by atoms with Crippen LogP contribution >= 0.6 is 0 Å². The predicted molar refractivity (Wildman–Crippen MR) is 126 cm³/mol. The molecule has 1 aliphatic rings. The third-order valence-electron chi connectivity index (χ3n) is 5.19. The summed E-state index contributed by atoms with van der Waals surface area (Å²) >= 11 is 0. The van der Waals surface area contributed by atoms with Crippen LogP contribution in [0.5, 0.6) is 0 Å². The van der Waals surface area contributed by atoms with Crippen molar-refractivity contribution in [2.75, 3.05) is 31.7 Å². The molecule has 170 valence electrons. The summed E-state index contributed by atoms with van der Waals surface area (Å²) in [6.07, 6.45) is 1.54. The summed E-state index contributed by atoms with van der Waals surface area (Å²) < 4.78 is 32.0. The van der Waals surface area contributed by atoms with E-state index < -0.39 is 14.9 Å². The molecule has 0 unspecified atom stereocenters. The highest BCUT2D eigenvalue weighted by atomic mass is 32.2. The van der Waals surface area contributed by atoms with Crippen LogP contribution in [0.1, 0.15) is 5.56 Å². The number of benzene rings is 3. The van der Waals surface area contributed by atoms with Gasteiger partial charge in [-0.25, -0.2) is 8.42 Å². The molecule has 1 fully saturated rings. The highest BCUT2D eigenvalue weighted by Crippen LogP contribution is 2.29. The van der Waals surface area contributed by atoms with Gasteiger partial charge in [-0.3, -0.25) is 15.5 Å². The zero-order chi connectivity index (χ0) is 23.3. The Morgan fingerprint density at radius 1 is 0.970 bits per heavy atom. The van der Waals surface area contributed by atoms with Gasteiger partial charge in [-0.2, -0.15) is 9.41 Å². The first kappa shape index (κ1) is 22.6. The van der Waals surface area contributed by atoms with Crippen molar-refractivity contribution in [2.24, 2.45) is 5.10 Å². The summed E-state index contributed by atoms with van der Waals surface area (Å²) in [6, 6.07) is 21.4. The predicted octanol–water partition coefficient (Wildman–Crippen LogP) is 3.73. The number of nitro groups is 1. The van der Waals surface area contributed by atoms with Crippen LogP contribution in [0.4, 0.5) is 11.4 Å². The Morgan fingerprint density at radius 3 is 2.30 bits per heavy atom. The summed E-state index contributed by atoms with van der Waals surface area (Å²) in [5.74, 6) is 0. The first-order valence-electron chi connectivity index (χ1n) is 10.3. The fourth-order valence-corrected chi connectivity index (χ4v) is 4.85. The second-order valence-electron chi connectivity index (χ2n) is 7.31. The molecule has 1 aliphatic heterocycles. The highest BCUT2D eigenvalue weighted by molar-refractivity contribution is 7.89. The SMILES string of the molecule is O=[N+]([O-])c1cc(S(=O)(=O)N2CCOCC2)ccc1NN=Cc1ccc(-c2ccccc2)cc1. The van der Waals surface area contributed by atoms with Gasteiger partial charge in [0.15, 0.2) is 0 Å². The van der Waals surface area contributed by atoms with Crippen molar-refractivity contribution in [2.45, 2.75) is 4.90 Å². The maximum absolute atomic E-state index is 12.8. The molecule has 0 radical (unpaired) electrons. The molecule has 3 aromatic rings. The number of hydrazone groups is 1. The fraction of sp³-hybridized carbons (Fsp3) is 0.174. The van der Waals surface area contributed by atoms with Gasteiger partial charge in [-0.05, 0) is 28.8 Å². The molecule has 0 amide bonds. The first-order valence-corrected chi connectivity index (χ1v) is 11.7. The molecular formula is C23H22N4O5S. The molecule has 33 heavy (non-hydrogen) atoms. The van der Waals surface area contributed by atoms with Crippen molar-refractivity contribution in [1.82, 2.24) is 4.31 Å². The van der Waals surface area contributed by atoms with Gasteiger partial charge in [-0.1, -0.05) is 54.6 Å². The monoisotopic (exact) mass is 466 g/mol. The minimum Gasteiger partial charge on any atom is -0.379 e. The Balaban J connectivity index is 1.50. The van der Waals surface area contributed by atoms with E-state index in [9.17, 15) is 18.5 Å². The lowest BCUT2D eigenvalue weighted by Gasteiger charge is -2.26. The number of hydrogen-bond donors (Lipinski definition) is 1. The third-order valence-corrected chi connectivity index (χ3v) is 7.08. The summed E-state index contributed by atoms with van der Waals surface area (Å²) in [6.45, 7) is 1.01. The maximum atomic E-state index is 12.8. The fourth-order valence-electron chi connectivity index (χ4n) is 3.42. The number of rotatable bonds is 7. The van der Waals surface area contributed by atoms with Gasteiger partial charge in [0, 0.05) is 19.2 Å². The van der Waals surface area contributed by atoms with E-state index in [1.807, 2.05) is 54.6 Å². The maximum Gasteiger partial charge on any atom is 0.295 e. The second kappa shape index (κ2) is 9.90. The van der Waals surface area contributed by atoms with Crippen LogP contribution in [0.15, 0.2) is 82.8 Å². The van der Waals surface area contributed by atoms with Gasteiger partial charge in [0.05, 0.1) is 29.2 Å². The second-order valence-corrected chi connectivity index (χ2v) is 9.25. The van der Waals surface area contributed by atoms with Gasteiger partial charge in [0.1, 0.15) is 5.69 Å². The Hall–Kier alpha value is -3.60. The van der Waals surface area contributed by atoms with E-state index in [0.717, 1.165) is 22.8 Å². The molecule has 10 heteroatoms. The Morgan fingerprint density at radius 2 is 1.64 bits per heavy atom. The van der Waals surface area contributed by atoms with E-state index in [-0.39, 0.29) is 29.4 Å². The number of nitrogens with zero attached hydrogens (tertiary/aromatic N) is 3. The average Bonchev–Trinajstić information content (AvgIpc) is 2.85. The smallest absolute Gasteiger partial charge is 0.295 e. The number of anilines is 1. The Kier molecular flexibility index (Phi) is 6.78. The lowest BCUT2D eigenvalue weighted by molar-refractivity contribution is -0.384. The van der Waals surface area contributed by atoms with Gasteiger partial charge < -0.3 is 4.74 Å². The van der Waals surface area contributed by atoms with Crippen LogP contribution in [-0.4, -0.2) is 50.2 Å². The summed E-state index contributed by atoms with van der Waals surface area (Å²) in [5.41, 5.74) is 5.33. The van der Waals surface area contributed by atoms with Crippen LogP contribution in [0.3, 0.4) is 0 Å². The lowest BCUT2D eigenvalue weighted by atomic mass is 10.0. The Labute approximate surface area is 191 Å². The van der Waals surface area contributed by atoms with E-state index >= 15 is 0 Å². The molecule has 4 rings (SSSR count). The normalized spacial score (nSPS) is 14.9. The molecule has 3 aromatic carbocycles. The molecule has 0 aliphatic carbocycles. The highest BCUT2D eigenvalue weighted by Gasteiger charge is 2.28. The quantitative estimate of drug-likeness (QED) is 0.322. The number of ether oxygens (including phenoxy) is 1. The zero-order valence-corrected chi connectivity index (χ0v) is 18.4. The number of hydrogen-bond acceptors (Lipinski definition) is 7. The number of morpholine rings is 1. The van der Waals surface area contributed by atoms with Gasteiger partial charge in [0.25, 0.3) is 5.69 Å². The summed E-state index contributed by atoms with van der Waals surface area (Å²) in [5, 5.41) is 15.7. The number of nitro benzene ring substituents is 1. The Bertz CT molecular complexity index is 1260. The first-order chi connectivity index (χ1) is 15.9. The minimum absolute atomic E-state index is 0.0954. The van der Waals surface area contributed by atoms with Crippen molar-refractivity contribution >= 4 is 27.6 Å². The largest absolute Gasteiger partial charge is 0.379 e. The van der Waals surface area contributed by atoms with Crippen LogP contribution in [-0.2, 0) is 14.8 Å². The van der Waals surface area contributed by atoms with Crippen molar-refractivity contribution < 1.29 is 18.1 Å². The molecule has 0 saturated carbocycles. The average molecular weight is 467 g/mol. The minimum atomic E-state index is -3.84. The van der Waals surface area contributed by atoms with Crippen molar-refractivity contribution in [1.29, 1.82) is 0 Å². The number of sulfonamides is 1. The summed E-state index contributed by atoms with van der Waals surface area (Å²) in [7, 11) is -3.84. The molecule has 0 atom stereocenters. The van der Waals surface area contributed by atoms with E-state index in [4.69, 9.17) is 4.74 Å². The molecule has 1 saturated heterocycles. The zero-order valence-electron chi connectivity index (χ0n) is 17.6. The lowest BCUT2D eigenvalue weighted by Crippen LogP contribution is -2.40. The topological polar surface area (TPSA) is 114 Å². The molecule has 0 bridgehead atoms. The standard InChI is InChI=1S/C23H22N4O5S/c28-27(29)23-16-21(33(30,31)26-12-14-32-15-13-26)10-11-22(23)25-24-17-18-6-8-20(9-7-18)19-4-2-1-3-5-19/h1-11,16-17,25H,12-15H2. The van der Waals surface area contributed by atoms with E-state index in [2.05, 4.69) is 10.5 Å². The molecule has 0 aromatic heterocycles. The molecule has 1 heterocycles. The van der Waals surface area contributed by atoms with E-state index in [0.29, 0.717) is 13.2 Å². The van der Waals surface area contributed by atoms with E-state index in [1.54, 1.807) is 0 Å². The molecule has 0 spiro atoms.